The van der Waals surface area contributed by atoms with Crippen LogP contribution in [0.5, 0.6) is 0 Å². The molecule has 0 bridgehead atoms. The van der Waals surface area contributed by atoms with Crippen LogP contribution in [-0.4, -0.2) is 48.1 Å². The smallest absolute Gasteiger partial charge is 0.303 e. The number of carbonyl (C=O) groups excluding carboxylic acids is 1. The number of carboxylic acid groups (broad SMARTS) is 1. The van der Waals surface area contributed by atoms with Crippen LogP contribution in [0.4, 0.5) is 0 Å². The zero-order chi connectivity index (χ0) is 13.2. The molecule has 0 aliphatic carbocycles. The number of aliphatic carboxylic acids is 1. The molecule has 5 heteroatoms. The average Bonchev–Trinajstić information content (AvgIpc) is 2.96. The first-order valence-corrected chi connectivity index (χ1v) is 6.79. The Morgan fingerprint density at radius 3 is 2.83 bits per heavy atom. The summed E-state index contributed by atoms with van der Waals surface area (Å²) in [6.45, 7) is 5.08. The molecule has 0 aromatic rings. The minimum absolute atomic E-state index is 0.134. The molecule has 2 aliphatic rings. The fourth-order valence-electron chi connectivity index (χ4n) is 3.15. The second kappa shape index (κ2) is 5.26. The van der Waals surface area contributed by atoms with Gasteiger partial charge in [-0.15, -0.1) is 0 Å². The van der Waals surface area contributed by atoms with Crippen LogP contribution < -0.4 is 5.32 Å². The molecule has 2 unspecified atom stereocenters. The highest BCUT2D eigenvalue weighted by Gasteiger charge is 2.43. The second-order valence-corrected chi connectivity index (χ2v) is 5.56. The van der Waals surface area contributed by atoms with E-state index in [1.165, 1.54) is 0 Å². The highest BCUT2D eigenvalue weighted by molar-refractivity contribution is 5.83. The molecule has 2 aliphatic heterocycles. The van der Waals surface area contributed by atoms with Gasteiger partial charge in [-0.05, 0) is 31.7 Å². The summed E-state index contributed by atoms with van der Waals surface area (Å²) in [5.41, 5.74) is -0.238. The lowest BCUT2D eigenvalue weighted by molar-refractivity contribution is -0.141. The molecule has 0 spiro atoms. The minimum Gasteiger partial charge on any atom is -0.481 e. The van der Waals surface area contributed by atoms with Crippen molar-refractivity contribution in [1.82, 2.24) is 10.2 Å². The largest absolute Gasteiger partial charge is 0.481 e. The molecule has 5 nitrogen and oxygen atoms in total. The third-order valence-corrected chi connectivity index (χ3v) is 4.41. The molecule has 0 aromatic heterocycles. The fourth-order valence-corrected chi connectivity index (χ4v) is 3.15. The van der Waals surface area contributed by atoms with E-state index < -0.39 is 5.97 Å². The summed E-state index contributed by atoms with van der Waals surface area (Å²) in [4.78, 5) is 25.1. The fraction of sp³-hybridized carbons (Fsp3) is 0.846. The maximum Gasteiger partial charge on any atom is 0.303 e. The van der Waals surface area contributed by atoms with E-state index in [4.69, 9.17) is 5.11 Å². The van der Waals surface area contributed by atoms with E-state index in [2.05, 4.69) is 12.2 Å². The summed E-state index contributed by atoms with van der Waals surface area (Å²) in [5, 5.41) is 12.1. The van der Waals surface area contributed by atoms with Gasteiger partial charge in [0.1, 0.15) is 0 Å². The van der Waals surface area contributed by atoms with E-state index in [1.807, 2.05) is 4.90 Å². The lowest BCUT2D eigenvalue weighted by Gasteiger charge is -2.30. The summed E-state index contributed by atoms with van der Waals surface area (Å²) >= 11 is 0. The molecule has 102 valence electrons. The van der Waals surface area contributed by atoms with Crippen LogP contribution in [0.3, 0.4) is 0 Å². The van der Waals surface area contributed by atoms with Crippen LogP contribution >= 0.6 is 0 Å². The van der Waals surface area contributed by atoms with Gasteiger partial charge in [0.05, 0.1) is 5.41 Å². The summed E-state index contributed by atoms with van der Waals surface area (Å²) < 4.78 is 0. The first-order chi connectivity index (χ1) is 8.57. The van der Waals surface area contributed by atoms with Crippen molar-refractivity contribution in [2.75, 3.05) is 26.2 Å². The van der Waals surface area contributed by atoms with Gasteiger partial charge in [-0.3, -0.25) is 9.59 Å². The van der Waals surface area contributed by atoms with E-state index >= 15 is 0 Å². The van der Waals surface area contributed by atoms with Gasteiger partial charge >= 0.3 is 5.97 Å². The Bertz CT molecular complexity index is 337. The molecule has 0 radical (unpaired) electrons. The molecule has 2 saturated heterocycles. The number of hydrogen-bond acceptors (Lipinski definition) is 3. The van der Waals surface area contributed by atoms with E-state index in [0.717, 1.165) is 38.9 Å². The molecule has 1 amide bonds. The Morgan fingerprint density at radius 2 is 2.28 bits per heavy atom. The number of carbonyl (C=O) groups is 2. The molecule has 2 atom stereocenters. The number of carboxylic acids is 1. The van der Waals surface area contributed by atoms with Crippen molar-refractivity contribution in [3.63, 3.8) is 0 Å². The van der Waals surface area contributed by atoms with Crippen molar-refractivity contribution < 1.29 is 14.7 Å². The predicted octanol–water partition coefficient (Wildman–Crippen LogP) is 0.699. The maximum atomic E-state index is 12.6. The first-order valence-electron chi connectivity index (χ1n) is 6.79. The van der Waals surface area contributed by atoms with Crippen LogP contribution in [0.2, 0.25) is 0 Å². The Kier molecular flexibility index (Phi) is 3.90. The highest BCUT2D eigenvalue weighted by atomic mass is 16.4. The molecule has 0 aromatic carbocycles. The molecule has 2 fully saturated rings. The summed E-state index contributed by atoms with van der Waals surface area (Å²) in [7, 11) is 0. The molecular formula is C13H22N2O3. The van der Waals surface area contributed by atoms with Crippen molar-refractivity contribution >= 4 is 11.9 Å². The Morgan fingerprint density at radius 1 is 1.50 bits per heavy atom. The van der Waals surface area contributed by atoms with Crippen LogP contribution in [0.15, 0.2) is 0 Å². The van der Waals surface area contributed by atoms with Gasteiger partial charge in [0, 0.05) is 26.1 Å². The average molecular weight is 254 g/mol. The summed E-state index contributed by atoms with van der Waals surface area (Å²) in [6, 6.07) is 0. The zero-order valence-electron chi connectivity index (χ0n) is 10.9. The SMILES string of the molecule is CCC1(C(=O)N2CCC(CC(=O)O)C2)CCNC1. The van der Waals surface area contributed by atoms with E-state index in [1.54, 1.807) is 0 Å². The molecule has 2 heterocycles. The summed E-state index contributed by atoms with van der Waals surface area (Å²) in [5.74, 6) is -0.403. The number of likely N-dealkylation sites (tertiary alicyclic amines) is 1. The van der Waals surface area contributed by atoms with E-state index in [-0.39, 0.29) is 23.7 Å². The highest BCUT2D eigenvalue weighted by Crippen LogP contribution is 2.34. The van der Waals surface area contributed by atoms with Gasteiger partial charge in [0.15, 0.2) is 0 Å². The molecule has 0 saturated carbocycles. The third-order valence-electron chi connectivity index (χ3n) is 4.41. The molecule has 18 heavy (non-hydrogen) atoms. The van der Waals surface area contributed by atoms with Crippen molar-refractivity contribution in [3.05, 3.63) is 0 Å². The molecular weight excluding hydrogens is 232 g/mol. The van der Waals surface area contributed by atoms with E-state index in [9.17, 15) is 9.59 Å². The van der Waals surface area contributed by atoms with Crippen molar-refractivity contribution in [2.45, 2.75) is 32.6 Å². The van der Waals surface area contributed by atoms with Crippen LogP contribution in [0.1, 0.15) is 32.6 Å². The van der Waals surface area contributed by atoms with Gasteiger partial charge in [-0.25, -0.2) is 0 Å². The van der Waals surface area contributed by atoms with Crippen molar-refractivity contribution in [2.24, 2.45) is 11.3 Å². The Hall–Kier alpha value is -1.10. The molecule has 2 rings (SSSR count). The topological polar surface area (TPSA) is 69.6 Å². The monoisotopic (exact) mass is 254 g/mol. The summed E-state index contributed by atoms with van der Waals surface area (Å²) in [6.07, 6.45) is 2.77. The Labute approximate surface area is 108 Å². The minimum atomic E-state index is -0.762. The van der Waals surface area contributed by atoms with Gasteiger partial charge < -0.3 is 15.3 Å². The van der Waals surface area contributed by atoms with Gasteiger partial charge in [0.2, 0.25) is 5.91 Å². The molecule has 2 N–H and O–H groups in total. The first kappa shape index (κ1) is 13.3. The third kappa shape index (κ3) is 2.51. The van der Waals surface area contributed by atoms with Gasteiger partial charge in [-0.2, -0.15) is 0 Å². The maximum absolute atomic E-state index is 12.6. The quantitative estimate of drug-likeness (QED) is 0.775. The number of nitrogens with one attached hydrogen (secondary N) is 1. The van der Waals surface area contributed by atoms with Crippen LogP contribution in [0.25, 0.3) is 0 Å². The van der Waals surface area contributed by atoms with Crippen molar-refractivity contribution in [3.8, 4) is 0 Å². The lowest BCUT2D eigenvalue weighted by Crippen LogP contribution is -2.44. The van der Waals surface area contributed by atoms with E-state index in [0.29, 0.717) is 6.54 Å². The number of rotatable bonds is 4. The normalized spacial score (nSPS) is 31.8. The number of amides is 1. The Balaban J connectivity index is 1.96. The number of nitrogens with zero attached hydrogens (tertiary/aromatic N) is 1. The van der Waals surface area contributed by atoms with Gasteiger partial charge in [-0.1, -0.05) is 6.92 Å². The van der Waals surface area contributed by atoms with Crippen molar-refractivity contribution in [1.29, 1.82) is 0 Å². The zero-order valence-corrected chi connectivity index (χ0v) is 10.9. The predicted molar refractivity (Wildman–Crippen MR) is 67.2 cm³/mol. The van der Waals surface area contributed by atoms with Crippen LogP contribution in [-0.2, 0) is 9.59 Å². The van der Waals surface area contributed by atoms with Crippen LogP contribution in [0, 0.1) is 11.3 Å². The second-order valence-electron chi connectivity index (χ2n) is 5.56. The number of hydrogen-bond donors (Lipinski definition) is 2. The van der Waals surface area contributed by atoms with Gasteiger partial charge in [0.25, 0.3) is 0 Å². The standard InChI is InChI=1S/C13H22N2O3/c1-2-13(4-5-14-9-13)12(18)15-6-3-10(8-15)7-11(16)17/h10,14H,2-9H2,1H3,(H,16,17). The lowest BCUT2D eigenvalue weighted by atomic mass is 9.83.